The number of hydrogen-bond donors (Lipinski definition) is 1. The third-order valence-electron chi connectivity index (χ3n) is 4.39. The molecule has 4 atom stereocenters. The maximum Gasteiger partial charge on any atom is 0.348 e. The van der Waals surface area contributed by atoms with E-state index in [1.807, 2.05) is 6.92 Å². The molecule has 2 heterocycles. The molecule has 1 aromatic heterocycles. The molecule has 0 amide bonds. The van der Waals surface area contributed by atoms with Crippen LogP contribution in [0.4, 0.5) is 11.5 Å². The van der Waals surface area contributed by atoms with Crippen LogP contribution in [0, 0.1) is 27.4 Å². The van der Waals surface area contributed by atoms with Crippen LogP contribution in [0.3, 0.4) is 0 Å². The number of hydrogen-bond acceptors (Lipinski definition) is 9. The van der Waals surface area contributed by atoms with Gasteiger partial charge in [0.05, 0.1) is 23.0 Å². The van der Waals surface area contributed by atoms with E-state index in [2.05, 4.69) is 21.4 Å². The standard InChI is InChI=1S/C16H20ClN5O4S/c1-4-5-27-15-20-13(17)10(22(23)24)14(21-15)19-9-6-8(7-18)11-12(9)26-16(2,3)25-11/h8-9,11-12H,4-6H2,1-3H3,(H,19,20,21)/t8-,9-,11-,12+/m1/s1. The average molecular weight is 414 g/mol. The molecule has 1 aliphatic heterocycles. The summed E-state index contributed by atoms with van der Waals surface area (Å²) < 4.78 is 11.8. The zero-order valence-electron chi connectivity index (χ0n) is 15.1. The summed E-state index contributed by atoms with van der Waals surface area (Å²) >= 11 is 7.43. The molecule has 1 saturated carbocycles. The topological polar surface area (TPSA) is 123 Å². The van der Waals surface area contributed by atoms with Gasteiger partial charge in [0.2, 0.25) is 11.0 Å². The fourth-order valence-corrected chi connectivity index (χ4v) is 4.34. The van der Waals surface area contributed by atoms with Crippen molar-refractivity contribution in [3.05, 3.63) is 15.3 Å². The minimum Gasteiger partial charge on any atom is -0.359 e. The summed E-state index contributed by atoms with van der Waals surface area (Å²) in [6.07, 6.45) is 0.526. The van der Waals surface area contributed by atoms with E-state index in [0.29, 0.717) is 11.6 Å². The summed E-state index contributed by atoms with van der Waals surface area (Å²) in [7, 11) is 0. The molecule has 3 rings (SSSR count). The fraction of sp³-hybridized carbons (Fsp3) is 0.688. The number of fused-ring (bicyclic) bond motifs is 1. The van der Waals surface area contributed by atoms with Crippen molar-refractivity contribution in [2.24, 2.45) is 5.92 Å². The van der Waals surface area contributed by atoms with Crippen molar-refractivity contribution in [3.8, 4) is 6.07 Å². The third-order valence-corrected chi connectivity index (χ3v) is 5.71. The second kappa shape index (κ2) is 7.75. The number of anilines is 1. The molecule has 1 N–H and O–H groups in total. The lowest BCUT2D eigenvalue weighted by Gasteiger charge is -2.23. The molecule has 146 valence electrons. The van der Waals surface area contributed by atoms with Gasteiger partial charge in [0.15, 0.2) is 10.9 Å². The Morgan fingerprint density at radius 1 is 1.44 bits per heavy atom. The molecule has 0 spiro atoms. The van der Waals surface area contributed by atoms with Gasteiger partial charge in [-0.15, -0.1) is 0 Å². The smallest absolute Gasteiger partial charge is 0.348 e. The first-order valence-corrected chi connectivity index (χ1v) is 9.98. The van der Waals surface area contributed by atoms with Crippen molar-refractivity contribution < 1.29 is 14.4 Å². The fourth-order valence-electron chi connectivity index (χ4n) is 3.35. The Balaban J connectivity index is 1.91. The van der Waals surface area contributed by atoms with Crippen molar-refractivity contribution in [1.29, 1.82) is 5.26 Å². The van der Waals surface area contributed by atoms with E-state index in [0.717, 1.165) is 12.2 Å². The van der Waals surface area contributed by atoms with Crippen molar-refractivity contribution in [3.63, 3.8) is 0 Å². The molecule has 0 radical (unpaired) electrons. The Bertz CT molecular complexity index is 787. The maximum absolute atomic E-state index is 11.5. The summed E-state index contributed by atoms with van der Waals surface area (Å²) in [5, 5.41) is 24.1. The van der Waals surface area contributed by atoms with E-state index < -0.39 is 22.9 Å². The summed E-state index contributed by atoms with van der Waals surface area (Å²) in [5.74, 6) is -0.389. The molecule has 0 unspecified atom stereocenters. The molecule has 0 aromatic carbocycles. The summed E-state index contributed by atoms with van der Waals surface area (Å²) in [5.41, 5.74) is -0.382. The van der Waals surface area contributed by atoms with Gasteiger partial charge in [0.25, 0.3) is 0 Å². The highest BCUT2D eigenvalue weighted by Crippen LogP contribution is 2.43. The Hall–Kier alpha value is -1.67. The minimum absolute atomic E-state index is 0.0363. The number of aromatic nitrogens is 2. The molecular weight excluding hydrogens is 394 g/mol. The maximum atomic E-state index is 11.5. The lowest BCUT2D eigenvalue weighted by Crippen LogP contribution is -2.35. The van der Waals surface area contributed by atoms with Crippen LogP contribution in [0.2, 0.25) is 5.15 Å². The van der Waals surface area contributed by atoms with Gasteiger partial charge in [0, 0.05) is 5.75 Å². The Morgan fingerprint density at radius 2 is 2.15 bits per heavy atom. The van der Waals surface area contributed by atoms with E-state index in [1.54, 1.807) is 13.8 Å². The highest BCUT2D eigenvalue weighted by Gasteiger charge is 2.54. The molecule has 2 fully saturated rings. The van der Waals surface area contributed by atoms with E-state index in [1.165, 1.54) is 11.8 Å². The molecule has 1 aliphatic carbocycles. The highest BCUT2D eigenvalue weighted by molar-refractivity contribution is 7.99. The van der Waals surface area contributed by atoms with Gasteiger partial charge in [-0.05, 0) is 26.7 Å². The predicted octanol–water partition coefficient (Wildman–Crippen LogP) is 3.38. The number of nitro groups is 1. The van der Waals surface area contributed by atoms with Gasteiger partial charge in [-0.25, -0.2) is 4.98 Å². The first-order chi connectivity index (χ1) is 12.8. The number of ether oxygens (including phenoxy) is 2. The van der Waals surface area contributed by atoms with Crippen molar-refractivity contribution in [2.75, 3.05) is 11.1 Å². The van der Waals surface area contributed by atoms with Gasteiger partial charge in [-0.1, -0.05) is 30.3 Å². The molecule has 11 heteroatoms. The van der Waals surface area contributed by atoms with Crippen LogP contribution in [0.1, 0.15) is 33.6 Å². The number of nitriles is 1. The van der Waals surface area contributed by atoms with Crippen LogP contribution < -0.4 is 5.32 Å². The number of nitrogens with one attached hydrogen (secondary N) is 1. The number of halogens is 1. The lowest BCUT2D eigenvalue weighted by atomic mass is 10.1. The van der Waals surface area contributed by atoms with Crippen LogP contribution in [-0.2, 0) is 9.47 Å². The largest absolute Gasteiger partial charge is 0.359 e. The molecule has 1 aromatic rings. The molecule has 27 heavy (non-hydrogen) atoms. The second-order valence-corrected chi connectivity index (χ2v) is 8.31. The van der Waals surface area contributed by atoms with Crippen molar-refractivity contribution in [1.82, 2.24) is 9.97 Å². The quantitative estimate of drug-likeness (QED) is 0.245. The summed E-state index contributed by atoms with van der Waals surface area (Å²) in [6, 6.07) is 1.87. The SMILES string of the molecule is CCCSc1nc(Cl)c([N+](=O)[O-])c(N[C@@H]2C[C@H](C#N)[C@H]3OC(C)(C)O[C@H]32)n1. The van der Waals surface area contributed by atoms with Gasteiger partial charge < -0.3 is 14.8 Å². The van der Waals surface area contributed by atoms with Gasteiger partial charge in [0.1, 0.15) is 12.2 Å². The minimum atomic E-state index is -0.817. The van der Waals surface area contributed by atoms with E-state index in [9.17, 15) is 15.4 Å². The molecule has 1 saturated heterocycles. The second-order valence-electron chi connectivity index (χ2n) is 6.89. The first-order valence-electron chi connectivity index (χ1n) is 8.62. The highest BCUT2D eigenvalue weighted by atomic mass is 35.5. The number of rotatable bonds is 6. The third kappa shape index (κ3) is 4.11. The Morgan fingerprint density at radius 3 is 2.78 bits per heavy atom. The summed E-state index contributed by atoms with van der Waals surface area (Å²) in [6.45, 7) is 5.57. The number of nitrogens with zero attached hydrogens (tertiary/aromatic N) is 4. The normalized spacial score (nSPS) is 28.6. The molecule has 0 bridgehead atoms. The average Bonchev–Trinajstić information content (AvgIpc) is 3.05. The molecule has 9 nitrogen and oxygen atoms in total. The zero-order valence-corrected chi connectivity index (χ0v) is 16.7. The predicted molar refractivity (Wildman–Crippen MR) is 99.7 cm³/mol. The number of thioether (sulfide) groups is 1. The van der Waals surface area contributed by atoms with Gasteiger partial charge >= 0.3 is 5.69 Å². The van der Waals surface area contributed by atoms with Crippen LogP contribution in [0.5, 0.6) is 0 Å². The molecule has 2 aliphatic rings. The van der Waals surface area contributed by atoms with Crippen molar-refractivity contribution >= 4 is 34.9 Å². The van der Waals surface area contributed by atoms with Crippen LogP contribution in [0.25, 0.3) is 0 Å². The first kappa shape index (κ1) is 20.1. The summed E-state index contributed by atoms with van der Waals surface area (Å²) in [4.78, 5) is 19.2. The lowest BCUT2D eigenvalue weighted by molar-refractivity contribution is -0.384. The zero-order chi connectivity index (χ0) is 19.8. The Kier molecular flexibility index (Phi) is 5.76. The van der Waals surface area contributed by atoms with E-state index >= 15 is 0 Å². The molecular formula is C16H20ClN5O4S. The van der Waals surface area contributed by atoms with Gasteiger partial charge in [-0.3, -0.25) is 10.1 Å². The van der Waals surface area contributed by atoms with Crippen molar-refractivity contribution in [2.45, 2.75) is 62.8 Å². The Labute approximate surface area is 165 Å². The van der Waals surface area contributed by atoms with Crippen LogP contribution in [-0.4, -0.2) is 44.7 Å². The van der Waals surface area contributed by atoms with Crippen LogP contribution in [0.15, 0.2) is 5.16 Å². The van der Waals surface area contributed by atoms with Crippen LogP contribution >= 0.6 is 23.4 Å². The monoisotopic (exact) mass is 413 g/mol. The van der Waals surface area contributed by atoms with Gasteiger partial charge in [-0.2, -0.15) is 10.2 Å². The van der Waals surface area contributed by atoms with E-state index in [-0.39, 0.29) is 28.6 Å². The van der Waals surface area contributed by atoms with E-state index in [4.69, 9.17) is 21.1 Å².